The van der Waals surface area contributed by atoms with Crippen molar-refractivity contribution in [1.29, 1.82) is 0 Å². The number of ether oxygens (including phenoxy) is 2. The lowest BCUT2D eigenvalue weighted by Crippen LogP contribution is -2.51. The maximum atomic E-state index is 6.08. The van der Waals surface area contributed by atoms with Gasteiger partial charge in [-0.05, 0) is 18.8 Å². The third kappa shape index (κ3) is 2.10. The summed E-state index contributed by atoms with van der Waals surface area (Å²) in [6.45, 7) is 4.48. The lowest BCUT2D eigenvalue weighted by molar-refractivity contribution is -0.202. The zero-order chi connectivity index (χ0) is 10.0. The van der Waals surface area contributed by atoms with E-state index in [1.54, 1.807) is 0 Å². The quantitative estimate of drug-likeness (QED) is 0.745. The lowest BCUT2D eigenvalue weighted by Gasteiger charge is -2.43. The molecule has 0 radical (unpaired) electrons. The molecule has 2 atom stereocenters. The summed E-state index contributed by atoms with van der Waals surface area (Å²) in [6, 6.07) is 0. The van der Waals surface area contributed by atoms with E-state index in [2.05, 4.69) is 6.92 Å². The molecule has 0 spiro atoms. The Labute approximate surface area is 85.9 Å². The summed E-state index contributed by atoms with van der Waals surface area (Å²) in [4.78, 5) is 0. The normalized spacial score (nSPS) is 39.4. The van der Waals surface area contributed by atoms with E-state index in [9.17, 15) is 0 Å². The fourth-order valence-corrected chi connectivity index (χ4v) is 2.59. The first kappa shape index (κ1) is 10.4. The molecule has 14 heavy (non-hydrogen) atoms. The van der Waals surface area contributed by atoms with Crippen LogP contribution in [0, 0.1) is 5.92 Å². The van der Waals surface area contributed by atoms with E-state index in [1.165, 1.54) is 12.8 Å². The molecule has 1 aliphatic heterocycles. The highest BCUT2D eigenvalue weighted by molar-refractivity contribution is 4.89. The highest BCUT2D eigenvalue weighted by Gasteiger charge is 2.38. The van der Waals surface area contributed by atoms with Crippen LogP contribution in [0.25, 0.3) is 0 Å². The Hall–Kier alpha value is -0.120. The van der Waals surface area contributed by atoms with Crippen LogP contribution in [0.1, 0.15) is 32.6 Å². The minimum atomic E-state index is -0.0356. The molecule has 1 heterocycles. The molecule has 1 aliphatic carbocycles. The van der Waals surface area contributed by atoms with Crippen LogP contribution in [-0.2, 0) is 9.47 Å². The minimum absolute atomic E-state index is 0.0356. The summed E-state index contributed by atoms with van der Waals surface area (Å²) in [6.07, 6.45) is 5.14. The third-order valence-electron chi connectivity index (χ3n) is 3.45. The molecule has 0 aromatic heterocycles. The average Bonchev–Trinajstić information content (AvgIpc) is 2.12. The molecule has 1 saturated carbocycles. The van der Waals surface area contributed by atoms with Crippen LogP contribution < -0.4 is 5.73 Å². The van der Waals surface area contributed by atoms with Gasteiger partial charge in [0.05, 0.1) is 18.8 Å². The smallest absolute Gasteiger partial charge is 0.105 e. The van der Waals surface area contributed by atoms with Gasteiger partial charge in [-0.25, -0.2) is 0 Å². The van der Waals surface area contributed by atoms with E-state index in [0.717, 1.165) is 32.0 Å². The van der Waals surface area contributed by atoms with Crippen molar-refractivity contribution in [1.82, 2.24) is 0 Å². The van der Waals surface area contributed by atoms with Gasteiger partial charge in [-0.1, -0.05) is 19.8 Å². The predicted octanol–water partition coefficient (Wildman–Crippen LogP) is 1.31. The van der Waals surface area contributed by atoms with Gasteiger partial charge < -0.3 is 15.2 Å². The third-order valence-corrected chi connectivity index (χ3v) is 3.45. The zero-order valence-corrected chi connectivity index (χ0v) is 9.00. The van der Waals surface area contributed by atoms with E-state index >= 15 is 0 Å². The molecule has 82 valence electrons. The van der Waals surface area contributed by atoms with Gasteiger partial charge in [0.1, 0.15) is 6.10 Å². The van der Waals surface area contributed by atoms with Crippen molar-refractivity contribution in [2.24, 2.45) is 11.7 Å². The standard InChI is InChI=1S/C11H21NO2/c1-9-3-2-4-11(5-9,8-12)14-10-6-13-7-10/h9-10H,2-8,12H2,1H3. The molecule has 0 aromatic carbocycles. The average molecular weight is 199 g/mol. The van der Waals surface area contributed by atoms with Gasteiger partial charge >= 0.3 is 0 Å². The van der Waals surface area contributed by atoms with Gasteiger partial charge in [0.25, 0.3) is 0 Å². The Kier molecular flexibility index (Phi) is 3.10. The fourth-order valence-electron chi connectivity index (χ4n) is 2.59. The Morgan fingerprint density at radius 2 is 2.29 bits per heavy atom. The van der Waals surface area contributed by atoms with Gasteiger partial charge in [0, 0.05) is 6.54 Å². The molecule has 2 N–H and O–H groups in total. The Balaban J connectivity index is 1.92. The number of hydrogen-bond acceptors (Lipinski definition) is 3. The summed E-state index contributed by atoms with van der Waals surface area (Å²) >= 11 is 0. The Morgan fingerprint density at radius 1 is 1.50 bits per heavy atom. The van der Waals surface area contributed by atoms with Crippen molar-refractivity contribution in [3.05, 3.63) is 0 Å². The van der Waals surface area contributed by atoms with E-state index in [1.807, 2.05) is 0 Å². The zero-order valence-electron chi connectivity index (χ0n) is 9.00. The van der Waals surface area contributed by atoms with Crippen molar-refractivity contribution < 1.29 is 9.47 Å². The predicted molar refractivity (Wildman–Crippen MR) is 55.1 cm³/mol. The second kappa shape index (κ2) is 4.17. The van der Waals surface area contributed by atoms with Crippen LogP contribution in [0.4, 0.5) is 0 Å². The molecule has 2 fully saturated rings. The van der Waals surface area contributed by atoms with E-state index in [-0.39, 0.29) is 5.60 Å². The fraction of sp³-hybridized carbons (Fsp3) is 1.00. The minimum Gasteiger partial charge on any atom is -0.376 e. The Bertz CT molecular complexity index is 194. The van der Waals surface area contributed by atoms with Crippen LogP contribution >= 0.6 is 0 Å². The largest absolute Gasteiger partial charge is 0.376 e. The Morgan fingerprint density at radius 3 is 2.79 bits per heavy atom. The molecule has 2 rings (SSSR count). The molecule has 1 saturated heterocycles. The van der Waals surface area contributed by atoms with E-state index in [4.69, 9.17) is 15.2 Å². The van der Waals surface area contributed by atoms with Crippen molar-refractivity contribution in [2.75, 3.05) is 19.8 Å². The van der Waals surface area contributed by atoms with Gasteiger partial charge in [-0.3, -0.25) is 0 Å². The first-order valence-electron chi connectivity index (χ1n) is 5.70. The van der Waals surface area contributed by atoms with Gasteiger partial charge in [-0.15, -0.1) is 0 Å². The van der Waals surface area contributed by atoms with Gasteiger partial charge in [-0.2, -0.15) is 0 Å². The second-order valence-corrected chi connectivity index (χ2v) is 4.87. The number of nitrogens with two attached hydrogens (primary N) is 1. The van der Waals surface area contributed by atoms with Crippen LogP contribution in [-0.4, -0.2) is 31.5 Å². The topological polar surface area (TPSA) is 44.5 Å². The molecule has 0 aromatic rings. The van der Waals surface area contributed by atoms with Crippen molar-refractivity contribution in [3.63, 3.8) is 0 Å². The van der Waals surface area contributed by atoms with E-state index < -0.39 is 0 Å². The van der Waals surface area contributed by atoms with Crippen LogP contribution in [0.15, 0.2) is 0 Å². The maximum Gasteiger partial charge on any atom is 0.105 e. The van der Waals surface area contributed by atoms with Crippen LogP contribution in [0.2, 0.25) is 0 Å². The monoisotopic (exact) mass is 199 g/mol. The summed E-state index contributed by atoms with van der Waals surface area (Å²) < 4.78 is 11.2. The molecule has 0 bridgehead atoms. The highest BCUT2D eigenvalue weighted by Crippen LogP contribution is 2.36. The summed E-state index contributed by atoms with van der Waals surface area (Å²) in [7, 11) is 0. The highest BCUT2D eigenvalue weighted by atomic mass is 16.6. The summed E-state index contributed by atoms with van der Waals surface area (Å²) in [5.74, 6) is 0.758. The number of rotatable bonds is 3. The summed E-state index contributed by atoms with van der Waals surface area (Å²) in [5.41, 5.74) is 5.83. The van der Waals surface area contributed by atoms with Crippen LogP contribution in [0.5, 0.6) is 0 Å². The second-order valence-electron chi connectivity index (χ2n) is 4.87. The first-order chi connectivity index (χ1) is 6.74. The SMILES string of the molecule is CC1CCCC(CN)(OC2COC2)C1. The van der Waals surface area contributed by atoms with Gasteiger partial charge in [0.2, 0.25) is 0 Å². The van der Waals surface area contributed by atoms with Gasteiger partial charge in [0.15, 0.2) is 0 Å². The van der Waals surface area contributed by atoms with Crippen molar-refractivity contribution in [3.8, 4) is 0 Å². The first-order valence-corrected chi connectivity index (χ1v) is 5.70. The van der Waals surface area contributed by atoms with Crippen molar-refractivity contribution >= 4 is 0 Å². The molecule has 2 unspecified atom stereocenters. The van der Waals surface area contributed by atoms with Crippen molar-refractivity contribution in [2.45, 2.75) is 44.3 Å². The maximum absolute atomic E-state index is 6.08. The molecular formula is C11H21NO2. The lowest BCUT2D eigenvalue weighted by atomic mass is 9.78. The molecule has 3 nitrogen and oxygen atoms in total. The van der Waals surface area contributed by atoms with Crippen LogP contribution in [0.3, 0.4) is 0 Å². The number of hydrogen-bond donors (Lipinski definition) is 1. The molecule has 0 amide bonds. The molecule has 3 heteroatoms. The summed E-state index contributed by atoms with van der Waals surface area (Å²) in [5, 5.41) is 0. The molecular weight excluding hydrogens is 178 g/mol. The van der Waals surface area contributed by atoms with E-state index in [0.29, 0.717) is 12.6 Å². The molecule has 2 aliphatic rings.